The molecule has 1 amide bonds. The van der Waals surface area contributed by atoms with Crippen LogP contribution in [0.1, 0.15) is 15.9 Å². The van der Waals surface area contributed by atoms with E-state index in [1.165, 1.54) is 12.1 Å². The van der Waals surface area contributed by atoms with Crippen molar-refractivity contribution < 1.29 is 19.4 Å². The van der Waals surface area contributed by atoms with Crippen LogP contribution in [0.15, 0.2) is 60.8 Å². The minimum Gasteiger partial charge on any atom is -0.478 e. The number of anilines is 1. The van der Waals surface area contributed by atoms with E-state index in [0.717, 1.165) is 5.56 Å². The van der Waals surface area contributed by atoms with Crippen LogP contribution in [-0.4, -0.2) is 22.2 Å². The van der Waals surface area contributed by atoms with Crippen molar-refractivity contribution in [2.24, 2.45) is 0 Å². The summed E-state index contributed by atoms with van der Waals surface area (Å²) in [5.41, 5.74) is 1.71. The number of pyridine rings is 1. The molecule has 0 fully saturated rings. The summed E-state index contributed by atoms with van der Waals surface area (Å²) in [5, 5.41) is 12.4. The number of aromatic nitrogens is 1. The quantitative estimate of drug-likeness (QED) is 0.765. The molecule has 120 valence electrons. The second-order valence-corrected chi connectivity index (χ2v) is 5.09. The highest BCUT2D eigenvalue weighted by atomic mass is 16.5. The Balaban J connectivity index is 1.81. The molecule has 6 heteroatoms. The molecule has 0 saturated carbocycles. The highest BCUT2D eigenvalue weighted by Crippen LogP contribution is 2.24. The van der Waals surface area contributed by atoms with Crippen molar-refractivity contribution in [2.45, 2.75) is 6.61 Å². The number of aromatic carboxylic acids is 1. The Morgan fingerprint density at radius 3 is 2.62 bits per heavy atom. The molecule has 0 spiro atoms. The Morgan fingerprint density at radius 1 is 1.08 bits per heavy atom. The predicted octanol–water partition coefficient (Wildman–Crippen LogP) is 3.68. The molecule has 24 heavy (non-hydrogen) atoms. The third kappa shape index (κ3) is 3.49. The fourth-order valence-electron chi connectivity index (χ4n) is 2.28. The van der Waals surface area contributed by atoms with Crippen molar-refractivity contribution in [3.05, 3.63) is 71.9 Å². The number of amides is 1. The molecule has 1 aromatic heterocycles. The lowest BCUT2D eigenvalue weighted by atomic mass is 10.1. The van der Waals surface area contributed by atoms with E-state index in [0.29, 0.717) is 16.6 Å². The van der Waals surface area contributed by atoms with E-state index >= 15 is 0 Å². The molecule has 3 rings (SSSR count). The molecule has 1 heterocycles. The summed E-state index contributed by atoms with van der Waals surface area (Å²) in [6.07, 6.45) is 0.900. The number of benzene rings is 2. The van der Waals surface area contributed by atoms with Crippen LogP contribution >= 0.6 is 0 Å². The molecule has 0 aliphatic carbocycles. The van der Waals surface area contributed by atoms with Gasteiger partial charge in [0.2, 0.25) is 0 Å². The Bertz CT molecular complexity index is 894. The monoisotopic (exact) mass is 322 g/mol. The van der Waals surface area contributed by atoms with Gasteiger partial charge in [-0.3, -0.25) is 10.3 Å². The van der Waals surface area contributed by atoms with Crippen molar-refractivity contribution >= 4 is 28.7 Å². The lowest BCUT2D eigenvalue weighted by Gasteiger charge is -2.10. The van der Waals surface area contributed by atoms with Gasteiger partial charge in [-0.1, -0.05) is 36.4 Å². The molecular formula is C18H14N2O4. The molecule has 3 aromatic rings. The zero-order chi connectivity index (χ0) is 16.9. The van der Waals surface area contributed by atoms with Gasteiger partial charge in [0.1, 0.15) is 6.61 Å². The van der Waals surface area contributed by atoms with E-state index in [2.05, 4.69) is 10.3 Å². The average molecular weight is 322 g/mol. The summed E-state index contributed by atoms with van der Waals surface area (Å²) in [6.45, 7) is 0.122. The number of carbonyl (C=O) groups excluding carboxylic acids is 1. The molecule has 0 saturated heterocycles. The minimum atomic E-state index is -1.08. The number of nitrogens with one attached hydrogen (secondary N) is 1. The molecular weight excluding hydrogens is 308 g/mol. The maximum absolute atomic E-state index is 12.0. The van der Waals surface area contributed by atoms with E-state index < -0.39 is 12.1 Å². The van der Waals surface area contributed by atoms with Gasteiger partial charge in [-0.2, -0.15) is 0 Å². The maximum atomic E-state index is 12.0. The van der Waals surface area contributed by atoms with E-state index in [1.54, 1.807) is 18.3 Å². The van der Waals surface area contributed by atoms with Crippen LogP contribution < -0.4 is 5.32 Å². The zero-order valence-electron chi connectivity index (χ0n) is 12.6. The van der Waals surface area contributed by atoms with Crippen molar-refractivity contribution in [3.8, 4) is 0 Å². The smallest absolute Gasteiger partial charge is 0.412 e. The lowest BCUT2D eigenvalue weighted by Crippen LogP contribution is -2.14. The van der Waals surface area contributed by atoms with Gasteiger partial charge in [-0.25, -0.2) is 9.59 Å². The van der Waals surface area contributed by atoms with Crippen LogP contribution in [0.2, 0.25) is 0 Å². The molecule has 0 bridgehead atoms. The van der Waals surface area contributed by atoms with Gasteiger partial charge in [0, 0.05) is 11.6 Å². The highest BCUT2D eigenvalue weighted by Gasteiger charge is 2.12. The number of ether oxygens (including phenoxy) is 1. The SMILES string of the molecule is O=C(Nc1cc(C(=O)O)cc2cccnc12)OCc1ccccc1. The Hall–Kier alpha value is -3.41. The molecule has 0 unspecified atom stereocenters. The van der Waals surface area contributed by atoms with Crippen LogP contribution in [0.4, 0.5) is 10.5 Å². The number of rotatable bonds is 4. The van der Waals surface area contributed by atoms with E-state index in [-0.39, 0.29) is 12.2 Å². The van der Waals surface area contributed by atoms with E-state index in [9.17, 15) is 14.7 Å². The second-order valence-electron chi connectivity index (χ2n) is 5.09. The molecule has 2 N–H and O–H groups in total. The number of carbonyl (C=O) groups is 2. The topological polar surface area (TPSA) is 88.5 Å². The lowest BCUT2D eigenvalue weighted by molar-refractivity contribution is 0.0697. The molecule has 0 aliphatic heterocycles. The molecule has 6 nitrogen and oxygen atoms in total. The first kappa shape index (κ1) is 15.5. The third-order valence-electron chi connectivity index (χ3n) is 3.40. The zero-order valence-corrected chi connectivity index (χ0v) is 12.6. The standard InChI is InChI=1S/C18H14N2O4/c21-17(22)14-9-13-7-4-8-19-16(13)15(10-14)20-18(23)24-11-12-5-2-1-3-6-12/h1-10H,11H2,(H,20,23)(H,21,22). The van der Waals surface area contributed by atoms with Crippen LogP contribution in [-0.2, 0) is 11.3 Å². The minimum absolute atomic E-state index is 0.0638. The summed E-state index contributed by atoms with van der Waals surface area (Å²) in [5.74, 6) is -1.08. The van der Waals surface area contributed by atoms with Gasteiger partial charge in [0.25, 0.3) is 0 Å². The summed E-state index contributed by atoms with van der Waals surface area (Å²) >= 11 is 0. The first-order valence-electron chi connectivity index (χ1n) is 7.23. The van der Waals surface area contributed by atoms with Gasteiger partial charge in [0.05, 0.1) is 16.8 Å². The second kappa shape index (κ2) is 6.78. The van der Waals surface area contributed by atoms with Crippen LogP contribution in [0, 0.1) is 0 Å². The largest absolute Gasteiger partial charge is 0.478 e. The first-order chi connectivity index (χ1) is 11.6. The van der Waals surface area contributed by atoms with Crippen LogP contribution in [0.25, 0.3) is 10.9 Å². The summed E-state index contributed by atoms with van der Waals surface area (Å²) in [7, 11) is 0. The Morgan fingerprint density at radius 2 is 1.88 bits per heavy atom. The summed E-state index contributed by atoms with van der Waals surface area (Å²) in [6, 6.07) is 15.6. The van der Waals surface area contributed by atoms with Gasteiger partial charge in [-0.05, 0) is 23.8 Å². The van der Waals surface area contributed by atoms with Gasteiger partial charge < -0.3 is 9.84 Å². The van der Waals surface area contributed by atoms with Crippen LogP contribution in [0.3, 0.4) is 0 Å². The fourth-order valence-corrected chi connectivity index (χ4v) is 2.28. The molecule has 0 aliphatic rings. The average Bonchev–Trinajstić information content (AvgIpc) is 2.60. The summed E-state index contributed by atoms with van der Waals surface area (Å²) < 4.78 is 5.16. The molecule has 2 aromatic carbocycles. The number of hydrogen-bond acceptors (Lipinski definition) is 4. The van der Waals surface area contributed by atoms with Gasteiger partial charge in [-0.15, -0.1) is 0 Å². The molecule has 0 atom stereocenters. The number of hydrogen-bond donors (Lipinski definition) is 2. The van der Waals surface area contributed by atoms with E-state index in [4.69, 9.17) is 4.74 Å². The fraction of sp³-hybridized carbons (Fsp3) is 0.0556. The van der Waals surface area contributed by atoms with Gasteiger partial charge >= 0.3 is 12.1 Å². The van der Waals surface area contributed by atoms with Crippen LogP contribution in [0.5, 0.6) is 0 Å². The normalized spacial score (nSPS) is 10.3. The third-order valence-corrected chi connectivity index (χ3v) is 3.40. The number of nitrogens with zero attached hydrogens (tertiary/aromatic N) is 1. The van der Waals surface area contributed by atoms with Crippen molar-refractivity contribution in [1.82, 2.24) is 4.98 Å². The molecule has 0 radical (unpaired) electrons. The number of fused-ring (bicyclic) bond motifs is 1. The van der Waals surface area contributed by atoms with Gasteiger partial charge in [0.15, 0.2) is 0 Å². The maximum Gasteiger partial charge on any atom is 0.412 e. The van der Waals surface area contributed by atoms with Crippen molar-refractivity contribution in [2.75, 3.05) is 5.32 Å². The first-order valence-corrected chi connectivity index (χ1v) is 7.23. The van der Waals surface area contributed by atoms with Crippen molar-refractivity contribution in [1.29, 1.82) is 0 Å². The summed E-state index contributed by atoms with van der Waals surface area (Å²) in [4.78, 5) is 27.4. The number of carboxylic acid groups (broad SMARTS) is 1. The van der Waals surface area contributed by atoms with E-state index in [1.807, 2.05) is 30.3 Å². The predicted molar refractivity (Wildman–Crippen MR) is 89.0 cm³/mol. The number of carboxylic acids is 1. The Kier molecular flexibility index (Phi) is 4.38. The van der Waals surface area contributed by atoms with Crippen molar-refractivity contribution in [3.63, 3.8) is 0 Å². The Labute approximate surface area is 137 Å². The highest BCUT2D eigenvalue weighted by molar-refractivity contribution is 6.02.